The molecule has 80 valence electrons. The summed E-state index contributed by atoms with van der Waals surface area (Å²) in [5, 5.41) is 2.88. The Hall–Kier alpha value is -1.33. The topological polar surface area (TPSA) is 37.8 Å². The van der Waals surface area contributed by atoms with Crippen LogP contribution in [0.25, 0.3) is 16.0 Å². The lowest BCUT2D eigenvalue weighted by Gasteiger charge is -1.98. The van der Waals surface area contributed by atoms with Crippen molar-refractivity contribution in [1.29, 1.82) is 0 Å². The number of aromatic amines is 1. The van der Waals surface area contributed by atoms with E-state index in [1.54, 1.807) is 15.9 Å². The Bertz CT molecular complexity index is 696. The van der Waals surface area contributed by atoms with Gasteiger partial charge >= 0.3 is 5.69 Å². The van der Waals surface area contributed by atoms with Crippen molar-refractivity contribution in [2.45, 2.75) is 0 Å². The summed E-state index contributed by atoms with van der Waals surface area (Å²) in [6.45, 7) is 0. The zero-order valence-corrected chi connectivity index (χ0v) is 10.5. The van der Waals surface area contributed by atoms with Crippen molar-refractivity contribution in [3.05, 3.63) is 50.7 Å². The maximum Gasteiger partial charge on any atom is 0.331 e. The smallest absolute Gasteiger partial charge is 0.304 e. The number of hydrogen-bond acceptors (Lipinski definition) is 2. The van der Waals surface area contributed by atoms with E-state index in [1.165, 1.54) is 0 Å². The average molecular weight is 295 g/mol. The maximum absolute atomic E-state index is 11.9. The molecule has 16 heavy (non-hydrogen) atoms. The number of imidazole rings is 1. The molecular formula is C11H7BrN2OS. The molecule has 0 aliphatic heterocycles. The number of para-hydroxylation sites is 1. The van der Waals surface area contributed by atoms with E-state index in [0.29, 0.717) is 0 Å². The first kappa shape index (κ1) is 9.86. The molecule has 2 aromatic heterocycles. The van der Waals surface area contributed by atoms with Crippen LogP contribution in [-0.4, -0.2) is 9.55 Å². The normalized spacial score (nSPS) is 11.1. The lowest BCUT2D eigenvalue weighted by Crippen LogP contribution is -2.13. The summed E-state index contributed by atoms with van der Waals surface area (Å²) in [5.41, 5.74) is 1.62. The summed E-state index contributed by atoms with van der Waals surface area (Å²) in [6.07, 6.45) is 0. The molecule has 0 aliphatic rings. The van der Waals surface area contributed by atoms with Crippen molar-refractivity contribution in [3.63, 3.8) is 0 Å². The number of halogens is 1. The molecule has 0 unspecified atom stereocenters. The van der Waals surface area contributed by atoms with E-state index in [9.17, 15) is 4.79 Å². The Balaban J connectivity index is 2.46. The lowest BCUT2D eigenvalue weighted by molar-refractivity contribution is 1.04. The van der Waals surface area contributed by atoms with Gasteiger partial charge in [0.15, 0.2) is 0 Å². The number of thiophene rings is 1. The summed E-state index contributed by atoms with van der Waals surface area (Å²) in [7, 11) is 0. The van der Waals surface area contributed by atoms with Crippen molar-refractivity contribution in [3.8, 4) is 5.00 Å². The number of nitrogens with zero attached hydrogens (tertiary/aromatic N) is 1. The van der Waals surface area contributed by atoms with E-state index in [4.69, 9.17) is 0 Å². The van der Waals surface area contributed by atoms with Crippen molar-refractivity contribution in [1.82, 2.24) is 9.55 Å². The van der Waals surface area contributed by atoms with Crippen LogP contribution in [0, 0.1) is 0 Å². The van der Waals surface area contributed by atoms with Gasteiger partial charge in [0.25, 0.3) is 0 Å². The van der Waals surface area contributed by atoms with E-state index in [-0.39, 0.29) is 5.69 Å². The SMILES string of the molecule is O=c1[nH]c2c(Br)cccc2n1-c1cccs1. The highest BCUT2D eigenvalue weighted by Crippen LogP contribution is 2.24. The Labute approximate surface area is 103 Å². The van der Waals surface area contributed by atoms with E-state index < -0.39 is 0 Å². The molecule has 1 aromatic carbocycles. The van der Waals surface area contributed by atoms with Crippen LogP contribution in [0.3, 0.4) is 0 Å². The molecule has 0 spiro atoms. The van der Waals surface area contributed by atoms with Gasteiger partial charge in [-0.15, -0.1) is 11.3 Å². The Morgan fingerprint density at radius 2 is 2.12 bits per heavy atom. The van der Waals surface area contributed by atoms with Crippen LogP contribution in [-0.2, 0) is 0 Å². The molecule has 5 heteroatoms. The highest BCUT2D eigenvalue weighted by atomic mass is 79.9. The van der Waals surface area contributed by atoms with Crippen LogP contribution in [0.15, 0.2) is 45.0 Å². The number of rotatable bonds is 1. The third kappa shape index (κ3) is 1.36. The fourth-order valence-electron chi connectivity index (χ4n) is 1.71. The standard InChI is InChI=1S/C11H7BrN2OS/c12-7-3-1-4-8-10(7)13-11(15)14(8)9-5-2-6-16-9/h1-6H,(H,13,15). The Kier molecular flexibility index (Phi) is 2.22. The monoisotopic (exact) mass is 294 g/mol. The second-order valence-corrected chi connectivity index (χ2v) is 5.13. The molecule has 2 heterocycles. The van der Waals surface area contributed by atoms with Gasteiger partial charge in [0, 0.05) is 4.47 Å². The van der Waals surface area contributed by atoms with E-state index in [2.05, 4.69) is 20.9 Å². The molecule has 0 aliphatic carbocycles. The second kappa shape index (κ2) is 3.61. The molecule has 0 saturated heterocycles. The zero-order chi connectivity index (χ0) is 11.1. The second-order valence-electron chi connectivity index (χ2n) is 3.35. The van der Waals surface area contributed by atoms with Gasteiger partial charge in [0.1, 0.15) is 5.00 Å². The van der Waals surface area contributed by atoms with Crippen LogP contribution in [0.5, 0.6) is 0 Å². The number of H-pyrrole nitrogens is 1. The maximum atomic E-state index is 11.9. The predicted molar refractivity (Wildman–Crippen MR) is 69.5 cm³/mol. The highest BCUT2D eigenvalue weighted by molar-refractivity contribution is 9.10. The van der Waals surface area contributed by atoms with Crippen LogP contribution in [0.1, 0.15) is 0 Å². The minimum atomic E-state index is -0.107. The molecular weight excluding hydrogens is 288 g/mol. The van der Waals surface area contributed by atoms with Crippen LogP contribution >= 0.6 is 27.3 Å². The summed E-state index contributed by atoms with van der Waals surface area (Å²) in [4.78, 5) is 14.7. The van der Waals surface area contributed by atoms with Crippen molar-refractivity contribution < 1.29 is 0 Å². The van der Waals surface area contributed by atoms with Crippen molar-refractivity contribution >= 4 is 38.3 Å². The summed E-state index contributed by atoms with van der Waals surface area (Å²) >= 11 is 4.97. The van der Waals surface area contributed by atoms with Gasteiger partial charge < -0.3 is 4.98 Å². The number of fused-ring (bicyclic) bond motifs is 1. The van der Waals surface area contributed by atoms with E-state index >= 15 is 0 Å². The minimum Gasteiger partial charge on any atom is -0.304 e. The van der Waals surface area contributed by atoms with Gasteiger partial charge in [-0.2, -0.15) is 0 Å². The van der Waals surface area contributed by atoms with Gasteiger partial charge in [0.2, 0.25) is 0 Å². The van der Waals surface area contributed by atoms with Crippen LogP contribution in [0.4, 0.5) is 0 Å². The van der Waals surface area contributed by atoms with Crippen molar-refractivity contribution in [2.24, 2.45) is 0 Å². The van der Waals surface area contributed by atoms with Crippen LogP contribution < -0.4 is 5.69 Å². The van der Waals surface area contributed by atoms with E-state index in [1.807, 2.05) is 35.7 Å². The summed E-state index contributed by atoms with van der Waals surface area (Å²) in [6, 6.07) is 9.63. The molecule has 3 rings (SSSR count). The molecule has 0 amide bonds. The quantitative estimate of drug-likeness (QED) is 0.736. The van der Waals surface area contributed by atoms with Gasteiger partial charge in [-0.25, -0.2) is 4.79 Å². The first-order valence-corrected chi connectivity index (χ1v) is 6.38. The van der Waals surface area contributed by atoms with Crippen molar-refractivity contribution in [2.75, 3.05) is 0 Å². The molecule has 3 nitrogen and oxygen atoms in total. The average Bonchev–Trinajstić information content (AvgIpc) is 2.85. The minimum absolute atomic E-state index is 0.107. The number of nitrogens with one attached hydrogen (secondary N) is 1. The molecule has 0 atom stereocenters. The van der Waals surface area contributed by atoms with Gasteiger partial charge in [-0.05, 0) is 45.6 Å². The molecule has 1 N–H and O–H groups in total. The first-order valence-electron chi connectivity index (χ1n) is 4.70. The lowest BCUT2D eigenvalue weighted by atomic mass is 10.3. The molecule has 0 radical (unpaired) electrons. The zero-order valence-electron chi connectivity index (χ0n) is 8.11. The fraction of sp³-hybridized carbons (Fsp3) is 0. The largest absolute Gasteiger partial charge is 0.331 e. The first-order chi connectivity index (χ1) is 7.77. The third-order valence-corrected chi connectivity index (χ3v) is 3.91. The third-order valence-electron chi connectivity index (χ3n) is 2.39. The number of aromatic nitrogens is 2. The van der Waals surface area contributed by atoms with E-state index in [0.717, 1.165) is 20.5 Å². The summed E-state index contributed by atoms with van der Waals surface area (Å²) in [5.74, 6) is 0. The summed E-state index contributed by atoms with van der Waals surface area (Å²) < 4.78 is 2.59. The number of hydrogen-bond donors (Lipinski definition) is 1. The Morgan fingerprint density at radius 3 is 2.88 bits per heavy atom. The highest BCUT2D eigenvalue weighted by Gasteiger charge is 2.10. The molecule has 3 aromatic rings. The molecule has 0 bridgehead atoms. The van der Waals surface area contributed by atoms with Gasteiger partial charge in [-0.1, -0.05) is 6.07 Å². The molecule has 0 saturated carbocycles. The van der Waals surface area contributed by atoms with Crippen LogP contribution in [0.2, 0.25) is 0 Å². The fourth-order valence-corrected chi connectivity index (χ4v) is 2.91. The van der Waals surface area contributed by atoms with Gasteiger partial charge in [-0.3, -0.25) is 4.57 Å². The predicted octanol–water partition coefficient (Wildman–Crippen LogP) is 3.14. The Morgan fingerprint density at radius 1 is 1.25 bits per heavy atom. The van der Waals surface area contributed by atoms with Gasteiger partial charge in [0.05, 0.1) is 11.0 Å². The number of benzene rings is 1. The molecule has 0 fully saturated rings.